The van der Waals surface area contributed by atoms with Gasteiger partial charge in [0.15, 0.2) is 11.6 Å². The van der Waals surface area contributed by atoms with E-state index in [2.05, 4.69) is 25.4 Å². The Bertz CT molecular complexity index is 1010. The number of carbonyl (C=O) groups excluding carboxylic acids is 1. The van der Waals surface area contributed by atoms with Crippen LogP contribution in [0.1, 0.15) is 27.4 Å². The first-order valence-electron chi connectivity index (χ1n) is 9.64. The van der Waals surface area contributed by atoms with E-state index in [0.717, 1.165) is 23.0 Å². The lowest BCUT2D eigenvalue weighted by molar-refractivity contribution is 0.0744. The van der Waals surface area contributed by atoms with Crippen LogP contribution in [-0.2, 0) is 0 Å². The number of aromatic nitrogens is 3. The maximum absolute atomic E-state index is 12.7. The second-order valence-corrected chi connectivity index (χ2v) is 7.23. The van der Waals surface area contributed by atoms with Crippen LogP contribution in [0.25, 0.3) is 0 Å². The number of nitrogens with zero attached hydrogens (tertiary/aromatic N) is 5. The molecule has 1 aliphatic rings. The van der Waals surface area contributed by atoms with Gasteiger partial charge >= 0.3 is 0 Å². The highest BCUT2D eigenvalue weighted by molar-refractivity contribution is 5.95. The molecular weight excluding hydrogens is 368 g/mol. The highest BCUT2D eigenvalue weighted by Crippen LogP contribution is 2.20. The van der Waals surface area contributed by atoms with Crippen molar-refractivity contribution < 1.29 is 9.21 Å². The van der Waals surface area contributed by atoms with Crippen LogP contribution in [0.5, 0.6) is 0 Å². The minimum absolute atomic E-state index is 0.0234. The number of carbonyl (C=O) groups is 1. The molecule has 1 amide bonds. The summed E-state index contributed by atoms with van der Waals surface area (Å²) in [4.78, 5) is 21.0. The zero-order valence-electron chi connectivity index (χ0n) is 16.8. The fraction of sp³-hybridized carbons (Fsp3) is 0.333. The fourth-order valence-corrected chi connectivity index (χ4v) is 3.45. The standard InChI is InChI=1S/C21H24N6O2/c1-14-6-7-22-19(12-14)23-18-4-5-20(25-24-18)26-8-10-27(11-9-26)21(28)17-13-15(2)29-16(17)3/h4-7,12-13H,8-11H2,1-3H3,(H,22,23,24). The first-order valence-corrected chi connectivity index (χ1v) is 9.64. The average molecular weight is 392 g/mol. The van der Waals surface area contributed by atoms with Crippen molar-refractivity contribution in [1.82, 2.24) is 20.1 Å². The number of pyridine rings is 1. The molecule has 3 aromatic heterocycles. The van der Waals surface area contributed by atoms with Gasteiger partial charge in [-0.3, -0.25) is 4.79 Å². The molecule has 1 N–H and O–H groups in total. The summed E-state index contributed by atoms with van der Waals surface area (Å²) in [6.07, 6.45) is 1.76. The Morgan fingerprint density at radius 2 is 1.79 bits per heavy atom. The third kappa shape index (κ3) is 4.21. The van der Waals surface area contributed by atoms with E-state index in [4.69, 9.17) is 4.42 Å². The number of rotatable bonds is 4. The molecule has 0 radical (unpaired) electrons. The maximum Gasteiger partial charge on any atom is 0.257 e. The van der Waals surface area contributed by atoms with Crippen molar-refractivity contribution >= 4 is 23.4 Å². The Morgan fingerprint density at radius 1 is 1.00 bits per heavy atom. The molecule has 0 atom stereocenters. The normalized spacial score (nSPS) is 14.2. The Hall–Kier alpha value is -3.42. The molecule has 1 aliphatic heterocycles. The van der Waals surface area contributed by atoms with Crippen molar-refractivity contribution in [3.8, 4) is 0 Å². The summed E-state index contributed by atoms with van der Waals surface area (Å²) in [5.41, 5.74) is 1.77. The number of aryl methyl sites for hydroxylation is 3. The van der Waals surface area contributed by atoms with Crippen LogP contribution < -0.4 is 10.2 Å². The predicted octanol–water partition coefficient (Wildman–Crippen LogP) is 3.10. The number of piperazine rings is 1. The molecule has 0 aromatic carbocycles. The van der Waals surface area contributed by atoms with Crippen molar-refractivity contribution in [3.05, 3.63) is 59.2 Å². The summed E-state index contributed by atoms with van der Waals surface area (Å²) in [6, 6.07) is 9.53. The Balaban J connectivity index is 1.36. The van der Waals surface area contributed by atoms with E-state index in [1.54, 1.807) is 6.20 Å². The molecule has 8 heteroatoms. The van der Waals surface area contributed by atoms with Gasteiger partial charge in [-0.05, 0) is 56.7 Å². The van der Waals surface area contributed by atoms with Gasteiger partial charge in [-0.1, -0.05) is 0 Å². The lowest BCUT2D eigenvalue weighted by atomic mass is 10.2. The molecule has 0 aliphatic carbocycles. The van der Waals surface area contributed by atoms with Crippen molar-refractivity contribution in [3.63, 3.8) is 0 Å². The van der Waals surface area contributed by atoms with E-state index < -0.39 is 0 Å². The van der Waals surface area contributed by atoms with E-state index in [9.17, 15) is 4.79 Å². The number of amides is 1. The lowest BCUT2D eigenvalue weighted by Gasteiger charge is -2.35. The monoisotopic (exact) mass is 392 g/mol. The van der Waals surface area contributed by atoms with Crippen molar-refractivity contribution in [1.29, 1.82) is 0 Å². The summed E-state index contributed by atoms with van der Waals surface area (Å²) in [5, 5.41) is 11.8. The minimum Gasteiger partial charge on any atom is -0.466 e. The quantitative estimate of drug-likeness (QED) is 0.730. The fourth-order valence-electron chi connectivity index (χ4n) is 3.45. The molecule has 0 bridgehead atoms. The zero-order valence-corrected chi connectivity index (χ0v) is 16.8. The number of hydrogen-bond donors (Lipinski definition) is 1. The first-order chi connectivity index (χ1) is 14.0. The van der Waals surface area contributed by atoms with Gasteiger partial charge in [-0.15, -0.1) is 10.2 Å². The second kappa shape index (κ2) is 7.90. The largest absolute Gasteiger partial charge is 0.466 e. The van der Waals surface area contributed by atoms with Gasteiger partial charge in [-0.2, -0.15) is 0 Å². The molecule has 4 heterocycles. The van der Waals surface area contributed by atoms with Gasteiger partial charge in [0.05, 0.1) is 5.56 Å². The Labute approximate surface area is 169 Å². The number of anilines is 3. The van der Waals surface area contributed by atoms with Gasteiger partial charge in [0, 0.05) is 32.4 Å². The van der Waals surface area contributed by atoms with Crippen LogP contribution in [0.4, 0.5) is 17.5 Å². The lowest BCUT2D eigenvalue weighted by Crippen LogP contribution is -2.49. The Morgan fingerprint density at radius 3 is 2.41 bits per heavy atom. The highest BCUT2D eigenvalue weighted by Gasteiger charge is 2.25. The predicted molar refractivity (Wildman–Crippen MR) is 111 cm³/mol. The second-order valence-electron chi connectivity index (χ2n) is 7.23. The van der Waals surface area contributed by atoms with Gasteiger partial charge < -0.3 is 19.5 Å². The van der Waals surface area contributed by atoms with E-state index in [1.165, 1.54) is 0 Å². The molecule has 0 unspecified atom stereocenters. The Kier molecular flexibility index (Phi) is 5.16. The molecular formula is C21H24N6O2. The molecule has 150 valence electrons. The molecule has 4 rings (SSSR count). The van der Waals surface area contributed by atoms with E-state index in [1.807, 2.05) is 56.0 Å². The summed E-state index contributed by atoms with van der Waals surface area (Å²) >= 11 is 0. The molecule has 3 aromatic rings. The van der Waals surface area contributed by atoms with Crippen molar-refractivity contribution in [2.45, 2.75) is 20.8 Å². The third-order valence-corrected chi connectivity index (χ3v) is 4.98. The smallest absolute Gasteiger partial charge is 0.257 e. The van der Waals surface area contributed by atoms with E-state index in [-0.39, 0.29) is 5.91 Å². The SMILES string of the molecule is Cc1ccnc(Nc2ccc(N3CCN(C(=O)c4cc(C)oc4C)CC3)nn2)c1. The maximum atomic E-state index is 12.7. The van der Waals surface area contributed by atoms with Gasteiger partial charge in [0.25, 0.3) is 5.91 Å². The van der Waals surface area contributed by atoms with Crippen LogP contribution in [0.2, 0.25) is 0 Å². The van der Waals surface area contributed by atoms with Crippen LogP contribution in [0, 0.1) is 20.8 Å². The molecule has 1 fully saturated rings. The van der Waals surface area contributed by atoms with Crippen LogP contribution in [0.3, 0.4) is 0 Å². The topological polar surface area (TPSA) is 87.4 Å². The molecule has 29 heavy (non-hydrogen) atoms. The summed E-state index contributed by atoms with van der Waals surface area (Å²) in [6.45, 7) is 8.39. The van der Waals surface area contributed by atoms with Gasteiger partial charge in [0.2, 0.25) is 0 Å². The third-order valence-electron chi connectivity index (χ3n) is 4.98. The van der Waals surface area contributed by atoms with Crippen molar-refractivity contribution in [2.24, 2.45) is 0 Å². The molecule has 0 spiro atoms. The van der Waals surface area contributed by atoms with Crippen molar-refractivity contribution in [2.75, 3.05) is 36.4 Å². The number of hydrogen-bond acceptors (Lipinski definition) is 7. The van der Waals surface area contributed by atoms with Crippen LogP contribution in [0.15, 0.2) is 40.9 Å². The van der Waals surface area contributed by atoms with Gasteiger partial charge in [0.1, 0.15) is 17.3 Å². The number of furan rings is 1. The van der Waals surface area contributed by atoms with E-state index in [0.29, 0.717) is 43.3 Å². The number of nitrogens with one attached hydrogen (secondary N) is 1. The van der Waals surface area contributed by atoms with E-state index >= 15 is 0 Å². The molecule has 0 saturated carbocycles. The first kappa shape index (κ1) is 18.9. The molecule has 1 saturated heterocycles. The average Bonchev–Trinajstić information content (AvgIpc) is 3.06. The summed E-state index contributed by atoms with van der Waals surface area (Å²) < 4.78 is 5.49. The van der Waals surface area contributed by atoms with Crippen LogP contribution >= 0.6 is 0 Å². The zero-order chi connectivity index (χ0) is 20.4. The highest BCUT2D eigenvalue weighted by atomic mass is 16.3. The molecule has 8 nitrogen and oxygen atoms in total. The van der Waals surface area contributed by atoms with Crippen LogP contribution in [-0.4, -0.2) is 52.2 Å². The summed E-state index contributed by atoms with van der Waals surface area (Å²) in [5.74, 6) is 3.64. The van der Waals surface area contributed by atoms with Gasteiger partial charge in [-0.25, -0.2) is 4.98 Å². The summed E-state index contributed by atoms with van der Waals surface area (Å²) in [7, 11) is 0. The minimum atomic E-state index is 0.0234.